The molecular weight excluding hydrogens is 414 g/mol. The number of thiophene rings is 1. The van der Waals surface area contributed by atoms with Gasteiger partial charge in [-0.3, -0.25) is 15.0 Å². The number of fused-ring (bicyclic) bond motifs is 2. The van der Waals surface area contributed by atoms with Gasteiger partial charge in [0.15, 0.2) is 5.13 Å². The molecule has 0 aliphatic carbocycles. The van der Waals surface area contributed by atoms with Crippen LogP contribution in [0.3, 0.4) is 0 Å². The van der Waals surface area contributed by atoms with Crippen LogP contribution < -0.4 is 11.1 Å². The van der Waals surface area contributed by atoms with Gasteiger partial charge < -0.3 is 5.73 Å². The Hall–Kier alpha value is -2.81. The maximum Gasteiger partial charge on any atom is 0.269 e. The fourth-order valence-electron chi connectivity index (χ4n) is 3.77. The van der Waals surface area contributed by atoms with Crippen LogP contribution in [0.2, 0.25) is 0 Å². The zero-order chi connectivity index (χ0) is 20.7. The normalized spacial score (nSPS) is 14.0. The number of hydrogen-bond acceptors (Lipinski definition) is 7. The number of benzene rings is 1. The largest absolute Gasteiger partial charge is 0.397 e. The maximum atomic E-state index is 12.7. The molecule has 0 spiro atoms. The first-order valence-corrected chi connectivity index (χ1v) is 11.5. The standard InChI is InChI=1S/C22H21N5OS2/c1-13-12-29-22(24-13)26-20(28)19-18(23)16-9-15-11-27(10-14-5-3-2-4-6-14)8-7-17(15)25-21(16)30-19/h2-6,9,12H,7-8,10-11,23H2,1H3,(H,24,26,28). The quantitative estimate of drug-likeness (QED) is 0.495. The molecule has 1 amide bonds. The lowest BCUT2D eigenvalue weighted by Gasteiger charge is -2.28. The number of aryl methyl sites for hydroxylation is 1. The molecule has 1 aliphatic rings. The van der Waals surface area contributed by atoms with Gasteiger partial charge in [0, 0.05) is 42.5 Å². The predicted molar refractivity (Wildman–Crippen MR) is 123 cm³/mol. The van der Waals surface area contributed by atoms with Gasteiger partial charge in [0.05, 0.1) is 11.4 Å². The van der Waals surface area contributed by atoms with Crippen LogP contribution in [0.5, 0.6) is 0 Å². The van der Waals surface area contributed by atoms with Gasteiger partial charge in [0.2, 0.25) is 0 Å². The van der Waals surface area contributed by atoms with Crippen molar-refractivity contribution in [1.82, 2.24) is 14.9 Å². The summed E-state index contributed by atoms with van der Waals surface area (Å²) in [6, 6.07) is 12.6. The lowest BCUT2D eigenvalue weighted by molar-refractivity contribution is 0.103. The third-order valence-electron chi connectivity index (χ3n) is 5.24. The second kappa shape index (κ2) is 7.79. The summed E-state index contributed by atoms with van der Waals surface area (Å²) in [5.41, 5.74) is 11.4. The molecule has 3 N–H and O–H groups in total. The molecule has 0 fully saturated rings. The summed E-state index contributed by atoms with van der Waals surface area (Å²) in [6.07, 6.45) is 0.899. The minimum absolute atomic E-state index is 0.228. The van der Waals surface area contributed by atoms with Crippen LogP contribution in [0.4, 0.5) is 10.8 Å². The van der Waals surface area contributed by atoms with Crippen molar-refractivity contribution in [2.75, 3.05) is 17.6 Å². The Kier molecular flexibility index (Phi) is 4.98. The first-order valence-electron chi connectivity index (χ1n) is 9.77. The molecule has 0 atom stereocenters. The number of pyridine rings is 1. The third-order valence-corrected chi connectivity index (χ3v) is 7.23. The Morgan fingerprint density at radius 3 is 2.87 bits per heavy atom. The number of carbonyl (C=O) groups excluding carboxylic acids is 1. The predicted octanol–water partition coefficient (Wildman–Crippen LogP) is 4.45. The van der Waals surface area contributed by atoms with E-state index in [1.807, 2.05) is 18.4 Å². The van der Waals surface area contributed by atoms with Crippen molar-refractivity contribution in [3.05, 3.63) is 69.2 Å². The van der Waals surface area contributed by atoms with Crippen molar-refractivity contribution in [1.29, 1.82) is 0 Å². The van der Waals surface area contributed by atoms with Gasteiger partial charge in [-0.15, -0.1) is 22.7 Å². The Morgan fingerprint density at radius 1 is 1.27 bits per heavy atom. The Morgan fingerprint density at radius 2 is 2.10 bits per heavy atom. The number of aromatic nitrogens is 2. The smallest absolute Gasteiger partial charge is 0.269 e. The zero-order valence-electron chi connectivity index (χ0n) is 16.5. The number of nitrogens with two attached hydrogens (primary N) is 1. The summed E-state index contributed by atoms with van der Waals surface area (Å²) in [7, 11) is 0. The highest BCUT2D eigenvalue weighted by Gasteiger charge is 2.23. The van der Waals surface area contributed by atoms with Gasteiger partial charge in [-0.05, 0) is 24.1 Å². The summed E-state index contributed by atoms with van der Waals surface area (Å²) < 4.78 is 0. The van der Waals surface area contributed by atoms with Crippen LogP contribution in [0.1, 0.15) is 32.2 Å². The van der Waals surface area contributed by atoms with Gasteiger partial charge in [0.25, 0.3) is 5.91 Å². The van der Waals surface area contributed by atoms with E-state index in [0.29, 0.717) is 15.7 Å². The van der Waals surface area contributed by atoms with E-state index in [1.54, 1.807) is 0 Å². The molecule has 5 rings (SSSR count). The molecule has 3 aromatic heterocycles. The first-order chi connectivity index (χ1) is 14.6. The highest BCUT2D eigenvalue weighted by molar-refractivity contribution is 7.21. The lowest BCUT2D eigenvalue weighted by atomic mass is 10.0. The SMILES string of the molecule is Cc1csc(NC(=O)c2sc3nc4c(cc3c2N)CN(Cc2ccccc2)CC4)n1. The monoisotopic (exact) mass is 435 g/mol. The molecule has 0 saturated carbocycles. The summed E-state index contributed by atoms with van der Waals surface area (Å²) in [6.45, 7) is 4.62. The van der Waals surface area contributed by atoms with E-state index in [0.717, 1.165) is 47.7 Å². The van der Waals surface area contributed by atoms with Crippen molar-refractivity contribution in [3.8, 4) is 0 Å². The summed E-state index contributed by atoms with van der Waals surface area (Å²) in [5, 5.41) is 6.19. The lowest BCUT2D eigenvalue weighted by Crippen LogP contribution is -2.30. The molecule has 0 unspecified atom stereocenters. The van der Waals surface area contributed by atoms with Crippen LogP contribution in [-0.2, 0) is 19.5 Å². The number of rotatable bonds is 4. The number of hydrogen-bond donors (Lipinski definition) is 2. The van der Waals surface area contributed by atoms with E-state index in [1.165, 1.54) is 33.8 Å². The van der Waals surface area contributed by atoms with Crippen LogP contribution in [0.25, 0.3) is 10.2 Å². The van der Waals surface area contributed by atoms with Crippen molar-refractivity contribution in [2.45, 2.75) is 26.4 Å². The summed E-state index contributed by atoms with van der Waals surface area (Å²) >= 11 is 2.76. The minimum Gasteiger partial charge on any atom is -0.397 e. The summed E-state index contributed by atoms with van der Waals surface area (Å²) in [4.78, 5) is 25.6. The molecule has 1 aromatic carbocycles. The number of anilines is 2. The molecule has 6 nitrogen and oxygen atoms in total. The molecule has 1 aliphatic heterocycles. The topological polar surface area (TPSA) is 84.1 Å². The van der Waals surface area contributed by atoms with E-state index in [4.69, 9.17) is 10.7 Å². The first kappa shape index (κ1) is 19.2. The number of nitrogens with zero attached hydrogens (tertiary/aromatic N) is 3. The molecule has 0 radical (unpaired) electrons. The average Bonchev–Trinajstić information content (AvgIpc) is 3.30. The molecule has 4 heterocycles. The van der Waals surface area contributed by atoms with Crippen molar-refractivity contribution >= 4 is 49.6 Å². The van der Waals surface area contributed by atoms with E-state index >= 15 is 0 Å². The van der Waals surface area contributed by atoms with Crippen LogP contribution in [0, 0.1) is 6.92 Å². The zero-order valence-corrected chi connectivity index (χ0v) is 18.1. The van der Waals surface area contributed by atoms with Gasteiger partial charge in [-0.1, -0.05) is 30.3 Å². The number of nitrogen functional groups attached to an aromatic ring is 1. The second-order valence-corrected chi connectivity index (χ2v) is 9.34. The molecule has 0 bridgehead atoms. The maximum absolute atomic E-state index is 12.7. The number of carbonyl (C=O) groups is 1. The van der Waals surface area contributed by atoms with Crippen LogP contribution >= 0.6 is 22.7 Å². The minimum atomic E-state index is -0.228. The fourth-order valence-corrected chi connectivity index (χ4v) is 5.44. The Bertz CT molecular complexity index is 1230. The molecule has 30 heavy (non-hydrogen) atoms. The van der Waals surface area contributed by atoms with E-state index in [9.17, 15) is 4.79 Å². The summed E-state index contributed by atoms with van der Waals surface area (Å²) in [5.74, 6) is -0.228. The van der Waals surface area contributed by atoms with Crippen molar-refractivity contribution in [2.24, 2.45) is 0 Å². The second-order valence-electron chi connectivity index (χ2n) is 7.49. The average molecular weight is 436 g/mol. The molecular formula is C22H21N5OS2. The Balaban J connectivity index is 1.40. The van der Waals surface area contributed by atoms with E-state index < -0.39 is 0 Å². The molecule has 4 aromatic rings. The van der Waals surface area contributed by atoms with Gasteiger partial charge in [0.1, 0.15) is 9.71 Å². The number of amides is 1. The highest BCUT2D eigenvalue weighted by Crippen LogP contribution is 2.35. The highest BCUT2D eigenvalue weighted by atomic mass is 32.1. The van der Waals surface area contributed by atoms with Crippen LogP contribution in [0.15, 0.2) is 41.8 Å². The number of thiazole rings is 1. The third kappa shape index (κ3) is 3.69. The number of nitrogens with one attached hydrogen (secondary N) is 1. The molecule has 152 valence electrons. The molecule has 8 heteroatoms. The van der Waals surface area contributed by atoms with E-state index in [2.05, 4.69) is 45.5 Å². The van der Waals surface area contributed by atoms with Gasteiger partial charge >= 0.3 is 0 Å². The Labute approximate surface area is 182 Å². The van der Waals surface area contributed by atoms with Crippen molar-refractivity contribution < 1.29 is 4.79 Å². The fraction of sp³-hybridized carbons (Fsp3) is 0.227. The van der Waals surface area contributed by atoms with Crippen molar-refractivity contribution in [3.63, 3.8) is 0 Å². The molecule has 0 saturated heterocycles. The van der Waals surface area contributed by atoms with Gasteiger partial charge in [-0.2, -0.15) is 0 Å². The van der Waals surface area contributed by atoms with Crippen LogP contribution in [-0.4, -0.2) is 27.3 Å². The van der Waals surface area contributed by atoms with Gasteiger partial charge in [-0.25, -0.2) is 9.97 Å². The van der Waals surface area contributed by atoms with E-state index in [-0.39, 0.29) is 5.91 Å².